The number of rotatable bonds is 11. The zero-order chi connectivity index (χ0) is 26.0. The number of hydrazone groups is 1. The number of ether oxygens (including phenoxy) is 1. The molecule has 1 heterocycles. The van der Waals surface area contributed by atoms with E-state index in [4.69, 9.17) is 4.74 Å². The normalized spacial score (nSPS) is 11.2. The summed E-state index contributed by atoms with van der Waals surface area (Å²) in [4.78, 5) is 12.3. The lowest BCUT2D eigenvalue weighted by Crippen LogP contribution is -2.19. The van der Waals surface area contributed by atoms with Crippen LogP contribution in [-0.4, -0.2) is 28.1 Å². The van der Waals surface area contributed by atoms with Crippen LogP contribution in [0.15, 0.2) is 111 Å². The van der Waals surface area contributed by atoms with Crippen LogP contribution in [0.4, 0.5) is 0 Å². The second kappa shape index (κ2) is 13.2. The molecule has 0 saturated heterocycles. The Labute approximate surface area is 233 Å². The molecule has 0 radical (unpaired) electrons. The largest absolute Gasteiger partial charge is 0.489 e. The van der Waals surface area contributed by atoms with Gasteiger partial charge in [-0.05, 0) is 39.6 Å². The van der Waals surface area contributed by atoms with Gasteiger partial charge in [-0.3, -0.25) is 4.79 Å². The van der Waals surface area contributed by atoms with Gasteiger partial charge in [-0.15, -0.1) is 10.2 Å². The molecule has 0 saturated carbocycles. The first-order valence-corrected chi connectivity index (χ1v) is 14.7. The fourth-order valence-electron chi connectivity index (χ4n) is 3.64. The Balaban J connectivity index is 1.06. The molecule has 0 bridgehead atoms. The van der Waals surface area contributed by atoms with Gasteiger partial charge in [0.1, 0.15) is 12.4 Å². The van der Waals surface area contributed by atoms with Crippen molar-refractivity contribution in [2.45, 2.75) is 21.0 Å². The summed E-state index contributed by atoms with van der Waals surface area (Å²) in [6.45, 7) is 0.490. The number of thioether (sulfide) groups is 2. The molecule has 0 spiro atoms. The molecule has 6 nitrogen and oxygen atoms in total. The van der Waals surface area contributed by atoms with Crippen LogP contribution in [-0.2, 0) is 17.2 Å². The van der Waals surface area contributed by atoms with Crippen molar-refractivity contribution in [2.24, 2.45) is 5.10 Å². The van der Waals surface area contributed by atoms with E-state index in [-0.39, 0.29) is 11.7 Å². The van der Waals surface area contributed by atoms with E-state index in [1.807, 2.05) is 54.6 Å². The van der Waals surface area contributed by atoms with Crippen LogP contribution < -0.4 is 10.2 Å². The Bertz CT molecular complexity index is 1530. The number of amides is 1. The quantitative estimate of drug-likeness (QED) is 0.109. The molecular formula is C29H24N4O2S3. The van der Waals surface area contributed by atoms with Gasteiger partial charge in [-0.2, -0.15) is 5.10 Å². The van der Waals surface area contributed by atoms with Crippen molar-refractivity contribution >= 4 is 57.8 Å². The van der Waals surface area contributed by atoms with Gasteiger partial charge < -0.3 is 4.74 Å². The Hall–Kier alpha value is -3.66. The highest BCUT2D eigenvalue weighted by molar-refractivity contribution is 8.03. The van der Waals surface area contributed by atoms with E-state index in [1.54, 1.807) is 18.0 Å². The van der Waals surface area contributed by atoms with E-state index in [9.17, 15) is 4.79 Å². The molecule has 190 valence electrons. The van der Waals surface area contributed by atoms with Gasteiger partial charge in [0.25, 0.3) is 5.91 Å². The number of carbonyl (C=O) groups excluding carboxylic acids is 1. The first kappa shape index (κ1) is 26.0. The molecule has 38 heavy (non-hydrogen) atoms. The third kappa shape index (κ3) is 7.44. The molecule has 0 fully saturated rings. The molecule has 0 aliphatic heterocycles. The molecule has 1 amide bonds. The lowest BCUT2D eigenvalue weighted by Gasteiger charge is -2.06. The molecular weight excluding hydrogens is 533 g/mol. The summed E-state index contributed by atoms with van der Waals surface area (Å²) in [6, 6.07) is 32.3. The van der Waals surface area contributed by atoms with Crippen LogP contribution in [0.1, 0.15) is 16.7 Å². The smallest absolute Gasteiger partial charge is 0.250 e. The topological polar surface area (TPSA) is 76.5 Å². The third-order valence-electron chi connectivity index (χ3n) is 5.46. The second-order valence-corrected chi connectivity index (χ2v) is 11.6. The average molecular weight is 557 g/mol. The van der Waals surface area contributed by atoms with E-state index in [0.717, 1.165) is 31.3 Å². The van der Waals surface area contributed by atoms with Gasteiger partial charge in [0, 0.05) is 5.75 Å². The van der Waals surface area contributed by atoms with E-state index >= 15 is 0 Å². The highest BCUT2D eigenvalue weighted by Crippen LogP contribution is 2.32. The van der Waals surface area contributed by atoms with Gasteiger partial charge >= 0.3 is 0 Å². The molecule has 1 aromatic heterocycles. The lowest BCUT2D eigenvalue weighted by atomic mass is 10.1. The van der Waals surface area contributed by atoms with Crippen molar-refractivity contribution in [2.75, 3.05) is 5.75 Å². The maximum Gasteiger partial charge on any atom is 0.250 e. The molecule has 1 N–H and O–H groups in total. The maximum absolute atomic E-state index is 12.3. The molecule has 0 aliphatic carbocycles. The highest BCUT2D eigenvalue weighted by Gasteiger charge is 2.09. The minimum atomic E-state index is -0.206. The maximum atomic E-state index is 12.3. The Kier molecular flexibility index (Phi) is 9.04. The van der Waals surface area contributed by atoms with Crippen molar-refractivity contribution in [1.82, 2.24) is 15.6 Å². The van der Waals surface area contributed by atoms with Crippen molar-refractivity contribution in [3.63, 3.8) is 0 Å². The Morgan fingerprint density at radius 1 is 0.895 bits per heavy atom. The number of nitrogens with zero attached hydrogens (tertiary/aromatic N) is 3. The van der Waals surface area contributed by atoms with Crippen molar-refractivity contribution < 1.29 is 9.53 Å². The fraction of sp³-hybridized carbons (Fsp3) is 0.103. The predicted molar refractivity (Wildman–Crippen MR) is 157 cm³/mol. The number of benzene rings is 4. The third-order valence-corrected chi connectivity index (χ3v) is 8.69. The monoisotopic (exact) mass is 556 g/mol. The SMILES string of the molecule is O=C(CSc1nnc(SCc2cccc3ccccc23)s1)N/N=C\c1cccc(OCc2ccccc2)c1. The number of carbonyl (C=O) groups is 1. The first-order chi connectivity index (χ1) is 18.7. The number of hydrogen-bond acceptors (Lipinski definition) is 8. The summed E-state index contributed by atoms with van der Waals surface area (Å²) in [7, 11) is 0. The van der Waals surface area contributed by atoms with E-state index < -0.39 is 0 Å². The van der Waals surface area contributed by atoms with Gasteiger partial charge in [0.15, 0.2) is 8.68 Å². The van der Waals surface area contributed by atoms with Crippen LogP contribution >= 0.6 is 34.9 Å². The van der Waals surface area contributed by atoms with Gasteiger partial charge in [-0.1, -0.05) is 120 Å². The highest BCUT2D eigenvalue weighted by atomic mass is 32.2. The standard InChI is InChI=1S/C29H24N4O2S3/c34-27(31-30-17-22-10-6-14-25(16-22)35-18-21-8-2-1-3-9-21)20-37-29-33-32-28(38-29)36-19-24-13-7-12-23-11-4-5-15-26(23)24/h1-17H,18-20H2,(H,31,34)/b30-17-. The fourth-order valence-corrected chi connectivity index (χ4v) is 6.45. The number of hydrogen-bond donors (Lipinski definition) is 1. The molecule has 0 atom stereocenters. The van der Waals surface area contributed by atoms with E-state index in [0.29, 0.717) is 6.61 Å². The Morgan fingerprint density at radius 3 is 2.55 bits per heavy atom. The second-order valence-electron chi connectivity index (χ2n) is 8.19. The summed E-state index contributed by atoms with van der Waals surface area (Å²) in [6.07, 6.45) is 1.60. The average Bonchev–Trinajstić information content (AvgIpc) is 3.42. The van der Waals surface area contributed by atoms with Crippen LogP contribution in [0.25, 0.3) is 10.8 Å². The minimum absolute atomic E-state index is 0.206. The zero-order valence-electron chi connectivity index (χ0n) is 20.3. The van der Waals surface area contributed by atoms with Crippen molar-refractivity contribution in [3.05, 3.63) is 114 Å². The summed E-state index contributed by atoms with van der Waals surface area (Å²) < 4.78 is 7.49. The number of nitrogens with one attached hydrogen (secondary N) is 1. The van der Waals surface area contributed by atoms with E-state index in [2.05, 4.69) is 63.2 Å². The Morgan fingerprint density at radius 2 is 1.66 bits per heavy atom. The van der Waals surface area contributed by atoms with Crippen LogP contribution in [0.3, 0.4) is 0 Å². The summed E-state index contributed by atoms with van der Waals surface area (Å²) in [5.74, 6) is 1.56. The zero-order valence-corrected chi connectivity index (χ0v) is 22.8. The van der Waals surface area contributed by atoms with Crippen molar-refractivity contribution in [1.29, 1.82) is 0 Å². The molecule has 9 heteroatoms. The van der Waals surface area contributed by atoms with Crippen molar-refractivity contribution in [3.8, 4) is 5.75 Å². The van der Waals surface area contributed by atoms with Crippen LogP contribution in [0.2, 0.25) is 0 Å². The number of aromatic nitrogens is 2. The summed E-state index contributed by atoms with van der Waals surface area (Å²) in [5, 5.41) is 15.1. The number of fused-ring (bicyclic) bond motifs is 1. The lowest BCUT2D eigenvalue weighted by molar-refractivity contribution is -0.118. The summed E-state index contributed by atoms with van der Waals surface area (Å²) >= 11 is 4.50. The van der Waals surface area contributed by atoms with Gasteiger partial charge in [-0.25, -0.2) is 5.43 Å². The predicted octanol–water partition coefficient (Wildman–Crippen LogP) is 6.81. The van der Waals surface area contributed by atoms with Gasteiger partial charge in [0.05, 0.1) is 12.0 Å². The van der Waals surface area contributed by atoms with Crippen LogP contribution in [0, 0.1) is 0 Å². The molecule has 0 aliphatic rings. The molecule has 5 aromatic rings. The summed E-state index contributed by atoms with van der Waals surface area (Å²) in [5.41, 5.74) is 5.77. The van der Waals surface area contributed by atoms with E-state index in [1.165, 1.54) is 39.4 Å². The molecule has 5 rings (SSSR count). The minimum Gasteiger partial charge on any atom is -0.489 e. The molecule has 4 aromatic carbocycles. The molecule has 0 unspecified atom stereocenters. The van der Waals surface area contributed by atoms with Crippen LogP contribution in [0.5, 0.6) is 5.75 Å². The first-order valence-electron chi connectivity index (χ1n) is 11.9. The van der Waals surface area contributed by atoms with Gasteiger partial charge in [0.2, 0.25) is 0 Å².